The van der Waals surface area contributed by atoms with Crippen molar-refractivity contribution in [3.8, 4) is 0 Å². The minimum absolute atomic E-state index is 0.00801. The molecule has 2 unspecified atom stereocenters. The lowest BCUT2D eigenvalue weighted by atomic mass is 9.93. The molecule has 0 aromatic carbocycles. The summed E-state index contributed by atoms with van der Waals surface area (Å²) in [5.74, 6) is 0.219. The van der Waals surface area contributed by atoms with Gasteiger partial charge < -0.3 is 19.7 Å². The molecule has 3 atom stereocenters. The Balaban J connectivity index is 1.94. The number of amides is 2. The molecular formula is C23H36N4O5. The van der Waals surface area contributed by atoms with Crippen LogP contribution in [0.1, 0.15) is 77.6 Å². The van der Waals surface area contributed by atoms with Crippen molar-refractivity contribution in [3.63, 3.8) is 0 Å². The lowest BCUT2D eigenvalue weighted by Gasteiger charge is -2.23. The summed E-state index contributed by atoms with van der Waals surface area (Å²) >= 11 is 0. The van der Waals surface area contributed by atoms with Gasteiger partial charge in [0.1, 0.15) is 17.5 Å². The number of aromatic nitrogens is 2. The summed E-state index contributed by atoms with van der Waals surface area (Å²) in [5.41, 5.74) is 0.263. The van der Waals surface area contributed by atoms with Gasteiger partial charge in [-0.3, -0.25) is 9.59 Å². The smallest absolute Gasteiger partial charge is 0.408 e. The Morgan fingerprint density at radius 3 is 2.53 bits per heavy atom. The summed E-state index contributed by atoms with van der Waals surface area (Å²) in [6, 6.07) is -0.575. The highest BCUT2D eigenvalue weighted by Crippen LogP contribution is 2.27. The van der Waals surface area contributed by atoms with E-state index in [1.54, 1.807) is 45.0 Å². The van der Waals surface area contributed by atoms with Crippen molar-refractivity contribution in [2.24, 2.45) is 0 Å². The molecule has 2 heterocycles. The van der Waals surface area contributed by atoms with E-state index in [1.165, 1.54) is 0 Å². The van der Waals surface area contributed by atoms with E-state index < -0.39 is 17.7 Å². The zero-order chi connectivity index (χ0) is 23.9. The standard InChI is InChI=1S/C23H36N4O5/c1-7-31-20(28)12-17(18-13-24-16(3)25-14-18)9-8-10-27-15(2)11-19(21(27)29)26-22(30)32-23(4,5)6/h13-15,17,19H,7-12H2,1-6H3,(H,26,30)/t15?,17-,19?/m0/s1. The fourth-order valence-corrected chi connectivity index (χ4v) is 3.82. The van der Waals surface area contributed by atoms with Gasteiger partial charge in [-0.15, -0.1) is 0 Å². The fourth-order valence-electron chi connectivity index (χ4n) is 3.82. The van der Waals surface area contributed by atoms with Crippen LogP contribution in [0, 0.1) is 6.92 Å². The number of nitrogens with zero attached hydrogens (tertiary/aromatic N) is 3. The zero-order valence-electron chi connectivity index (χ0n) is 20.0. The number of rotatable bonds is 9. The van der Waals surface area contributed by atoms with Gasteiger partial charge in [0.25, 0.3) is 0 Å². The first-order valence-corrected chi connectivity index (χ1v) is 11.2. The minimum atomic E-state index is -0.620. The third-order valence-electron chi connectivity index (χ3n) is 5.32. The highest BCUT2D eigenvalue weighted by Gasteiger charge is 2.38. The van der Waals surface area contributed by atoms with Crippen LogP contribution in [0.2, 0.25) is 0 Å². The van der Waals surface area contributed by atoms with Crippen LogP contribution in [0.3, 0.4) is 0 Å². The van der Waals surface area contributed by atoms with Gasteiger partial charge in [-0.2, -0.15) is 0 Å². The number of nitrogens with one attached hydrogen (secondary N) is 1. The first-order valence-electron chi connectivity index (χ1n) is 11.2. The summed E-state index contributed by atoms with van der Waals surface area (Å²) in [4.78, 5) is 47.2. The van der Waals surface area contributed by atoms with Gasteiger partial charge >= 0.3 is 12.1 Å². The summed E-state index contributed by atoms with van der Waals surface area (Å²) in [7, 11) is 0. The number of hydrogen-bond donors (Lipinski definition) is 1. The Morgan fingerprint density at radius 1 is 1.28 bits per heavy atom. The summed E-state index contributed by atoms with van der Waals surface area (Å²) in [6.45, 7) is 11.8. The van der Waals surface area contributed by atoms with Gasteiger partial charge in [-0.05, 0) is 72.3 Å². The first-order chi connectivity index (χ1) is 15.0. The second-order valence-electron chi connectivity index (χ2n) is 9.23. The average molecular weight is 449 g/mol. The van der Waals surface area contributed by atoms with E-state index >= 15 is 0 Å². The maximum Gasteiger partial charge on any atom is 0.408 e. The highest BCUT2D eigenvalue weighted by molar-refractivity contribution is 5.88. The van der Waals surface area contributed by atoms with Gasteiger partial charge in [-0.25, -0.2) is 14.8 Å². The molecule has 178 valence electrons. The van der Waals surface area contributed by atoms with Crippen molar-refractivity contribution in [3.05, 3.63) is 23.8 Å². The minimum Gasteiger partial charge on any atom is -0.466 e. The number of aryl methyl sites for hydroxylation is 1. The molecule has 1 aromatic rings. The molecule has 32 heavy (non-hydrogen) atoms. The Bertz CT molecular complexity index is 791. The topological polar surface area (TPSA) is 111 Å². The molecule has 1 aromatic heterocycles. The van der Waals surface area contributed by atoms with Crippen LogP contribution in [0.25, 0.3) is 0 Å². The summed E-state index contributed by atoms with van der Waals surface area (Å²) in [5, 5.41) is 2.69. The molecule has 0 aliphatic carbocycles. The number of esters is 1. The van der Waals surface area contributed by atoms with Gasteiger partial charge in [0.2, 0.25) is 5.91 Å². The molecular weight excluding hydrogens is 412 g/mol. The third-order valence-corrected chi connectivity index (χ3v) is 5.32. The van der Waals surface area contributed by atoms with E-state index in [9.17, 15) is 14.4 Å². The fraction of sp³-hybridized carbons (Fsp3) is 0.696. The predicted molar refractivity (Wildman–Crippen MR) is 119 cm³/mol. The van der Waals surface area contributed by atoms with Crippen LogP contribution in [0.5, 0.6) is 0 Å². The van der Waals surface area contributed by atoms with Crippen molar-refractivity contribution in [2.45, 2.75) is 90.8 Å². The first kappa shape index (κ1) is 25.5. The second-order valence-corrected chi connectivity index (χ2v) is 9.23. The molecule has 2 rings (SSSR count). The van der Waals surface area contributed by atoms with Gasteiger partial charge in [-0.1, -0.05) is 0 Å². The number of likely N-dealkylation sites (tertiary alicyclic amines) is 1. The molecule has 9 heteroatoms. The van der Waals surface area contributed by atoms with Crippen molar-refractivity contribution in [1.82, 2.24) is 20.2 Å². The maximum absolute atomic E-state index is 12.8. The average Bonchev–Trinajstić information content (AvgIpc) is 2.93. The Morgan fingerprint density at radius 2 is 1.94 bits per heavy atom. The number of carbonyl (C=O) groups excluding carboxylic acids is 3. The molecule has 1 aliphatic heterocycles. The second kappa shape index (κ2) is 11.2. The van der Waals surface area contributed by atoms with Crippen LogP contribution < -0.4 is 5.32 Å². The SMILES string of the molecule is CCOC(=O)C[C@H](CCCN1C(=O)C(NC(=O)OC(C)(C)C)CC1C)c1cnc(C)nc1. The Kier molecular flexibility index (Phi) is 8.98. The molecule has 9 nitrogen and oxygen atoms in total. The van der Waals surface area contributed by atoms with E-state index in [1.807, 2.05) is 13.8 Å². The normalized spacial score (nSPS) is 19.6. The molecule has 0 spiro atoms. The predicted octanol–water partition coefficient (Wildman–Crippen LogP) is 3.12. The third kappa shape index (κ3) is 7.76. The quantitative estimate of drug-likeness (QED) is 0.578. The molecule has 1 N–H and O–H groups in total. The summed E-state index contributed by atoms with van der Waals surface area (Å²) < 4.78 is 10.4. The molecule has 1 aliphatic rings. The number of hydrogen-bond acceptors (Lipinski definition) is 7. The number of alkyl carbamates (subject to hydrolysis) is 1. The van der Waals surface area contributed by atoms with Crippen LogP contribution in [-0.4, -0.2) is 63.7 Å². The molecule has 1 fully saturated rings. The van der Waals surface area contributed by atoms with Crippen molar-refractivity contribution >= 4 is 18.0 Å². The number of carbonyl (C=O) groups is 3. The van der Waals surface area contributed by atoms with Gasteiger partial charge in [0, 0.05) is 25.0 Å². The van der Waals surface area contributed by atoms with Gasteiger partial charge in [0.05, 0.1) is 13.0 Å². The van der Waals surface area contributed by atoms with Crippen molar-refractivity contribution in [1.29, 1.82) is 0 Å². The molecule has 1 saturated heterocycles. The maximum atomic E-state index is 12.8. The zero-order valence-corrected chi connectivity index (χ0v) is 20.0. The van der Waals surface area contributed by atoms with Crippen LogP contribution in [-0.2, 0) is 19.1 Å². The Hall–Kier alpha value is -2.71. The summed E-state index contributed by atoms with van der Waals surface area (Å²) in [6.07, 6.45) is 5.08. The highest BCUT2D eigenvalue weighted by atomic mass is 16.6. The van der Waals surface area contributed by atoms with E-state index in [0.717, 1.165) is 5.56 Å². The van der Waals surface area contributed by atoms with Gasteiger partial charge in [0.15, 0.2) is 0 Å². The Labute approximate surface area is 190 Å². The lowest BCUT2D eigenvalue weighted by Crippen LogP contribution is -2.44. The van der Waals surface area contributed by atoms with Crippen LogP contribution in [0.4, 0.5) is 4.79 Å². The molecule has 0 saturated carbocycles. The monoisotopic (exact) mass is 448 g/mol. The molecule has 2 amide bonds. The van der Waals surface area contributed by atoms with Crippen molar-refractivity contribution < 1.29 is 23.9 Å². The van der Waals surface area contributed by atoms with E-state index in [-0.39, 0.29) is 30.3 Å². The largest absolute Gasteiger partial charge is 0.466 e. The molecule has 0 bridgehead atoms. The number of ether oxygens (including phenoxy) is 2. The van der Waals surface area contributed by atoms with Crippen LogP contribution >= 0.6 is 0 Å². The van der Waals surface area contributed by atoms with E-state index in [2.05, 4.69) is 15.3 Å². The van der Waals surface area contributed by atoms with Crippen LogP contribution in [0.15, 0.2) is 12.4 Å². The van der Waals surface area contributed by atoms with E-state index in [4.69, 9.17) is 9.47 Å². The van der Waals surface area contributed by atoms with E-state index in [0.29, 0.717) is 38.2 Å². The molecule has 0 radical (unpaired) electrons. The lowest BCUT2D eigenvalue weighted by molar-refractivity contribution is -0.143. The van der Waals surface area contributed by atoms with Crippen molar-refractivity contribution in [2.75, 3.05) is 13.2 Å².